The van der Waals surface area contributed by atoms with Gasteiger partial charge in [0.15, 0.2) is 5.78 Å². The van der Waals surface area contributed by atoms with Gasteiger partial charge in [-0.1, -0.05) is 30.7 Å². The highest BCUT2D eigenvalue weighted by molar-refractivity contribution is 6.30. The number of benzene rings is 1. The van der Waals surface area contributed by atoms with Gasteiger partial charge in [-0.15, -0.1) is 0 Å². The lowest BCUT2D eigenvalue weighted by atomic mass is 9.85. The zero-order valence-corrected chi connectivity index (χ0v) is 10.1. The summed E-state index contributed by atoms with van der Waals surface area (Å²) >= 11 is 5.81. The molecule has 0 aromatic heterocycles. The first kappa shape index (κ1) is 11.4. The Morgan fingerprint density at radius 3 is 2.62 bits per heavy atom. The molecule has 2 rings (SSSR count). The quantitative estimate of drug-likeness (QED) is 0.669. The summed E-state index contributed by atoms with van der Waals surface area (Å²) < 4.78 is 0. The van der Waals surface area contributed by atoms with E-state index in [-0.39, 0.29) is 0 Å². The summed E-state index contributed by atoms with van der Waals surface area (Å²) in [4.78, 5) is 11.8. The number of carbonyl (C=O) groups excluding carboxylic acids is 1. The molecule has 1 aliphatic carbocycles. The average molecular weight is 235 g/mol. The van der Waals surface area contributed by atoms with E-state index in [0.29, 0.717) is 18.1 Å². The highest BCUT2D eigenvalue weighted by Gasteiger charge is 2.20. The number of rotatable bonds is 1. The van der Waals surface area contributed by atoms with Gasteiger partial charge in [0.1, 0.15) is 0 Å². The number of halogens is 1. The number of carbonyl (C=O) groups is 1. The van der Waals surface area contributed by atoms with Crippen molar-refractivity contribution in [3.8, 4) is 0 Å². The smallest absolute Gasteiger partial charge is 0.159 e. The predicted molar refractivity (Wildman–Crippen MR) is 67.5 cm³/mol. The van der Waals surface area contributed by atoms with Gasteiger partial charge in [-0.05, 0) is 48.1 Å². The third kappa shape index (κ3) is 2.73. The van der Waals surface area contributed by atoms with Crippen molar-refractivity contribution in [3.63, 3.8) is 0 Å². The topological polar surface area (TPSA) is 17.1 Å². The molecule has 0 saturated heterocycles. The third-order valence-corrected chi connectivity index (χ3v) is 3.26. The van der Waals surface area contributed by atoms with E-state index in [9.17, 15) is 4.79 Å². The molecular weight excluding hydrogens is 220 g/mol. The van der Waals surface area contributed by atoms with Gasteiger partial charge in [0, 0.05) is 11.4 Å². The summed E-state index contributed by atoms with van der Waals surface area (Å²) in [5.74, 6) is 0.837. The van der Waals surface area contributed by atoms with Crippen LogP contribution in [-0.2, 0) is 4.79 Å². The Bertz CT molecular complexity index is 417. The van der Waals surface area contributed by atoms with Gasteiger partial charge < -0.3 is 0 Å². The summed E-state index contributed by atoms with van der Waals surface area (Å²) in [6, 6.07) is 7.59. The summed E-state index contributed by atoms with van der Waals surface area (Å²) in [6.45, 7) is 2.14. The minimum absolute atomic E-state index is 0.300. The third-order valence-electron chi connectivity index (χ3n) is 3.01. The molecule has 1 aliphatic rings. The molecular formula is C14H15ClO. The second kappa shape index (κ2) is 4.84. The first-order chi connectivity index (χ1) is 7.65. The van der Waals surface area contributed by atoms with Crippen molar-refractivity contribution in [2.45, 2.75) is 26.2 Å². The maximum absolute atomic E-state index is 11.8. The Kier molecular flexibility index (Phi) is 3.45. The first-order valence-electron chi connectivity index (χ1n) is 5.64. The summed E-state index contributed by atoms with van der Waals surface area (Å²) in [7, 11) is 0. The van der Waals surface area contributed by atoms with Crippen molar-refractivity contribution >= 4 is 23.5 Å². The average Bonchev–Trinajstić information content (AvgIpc) is 2.25. The van der Waals surface area contributed by atoms with Crippen molar-refractivity contribution < 1.29 is 4.79 Å². The fraction of sp³-hybridized carbons (Fsp3) is 0.357. The van der Waals surface area contributed by atoms with Crippen LogP contribution in [0.5, 0.6) is 0 Å². The Hall–Kier alpha value is -1.08. The second-order valence-electron chi connectivity index (χ2n) is 4.49. The predicted octanol–water partition coefficient (Wildman–Crippen LogP) is 4.11. The van der Waals surface area contributed by atoms with Gasteiger partial charge >= 0.3 is 0 Å². The molecule has 0 N–H and O–H groups in total. The standard InChI is InChI=1S/C14H15ClO/c1-10-2-5-12(14(16)8-10)9-11-3-6-13(15)7-4-11/h3-4,6-7,9-10H,2,5,8H2,1H3/b12-9+/t10-/m0/s1. The second-order valence-corrected chi connectivity index (χ2v) is 4.93. The van der Waals surface area contributed by atoms with E-state index in [1.165, 1.54) is 0 Å². The van der Waals surface area contributed by atoms with Crippen LogP contribution in [0.1, 0.15) is 31.7 Å². The number of allylic oxidation sites excluding steroid dienone is 1. The molecule has 1 atom stereocenters. The van der Waals surface area contributed by atoms with E-state index < -0.39 is 0 Å². The lowest BCUT2D eigenvalue weighted by Crippen LogP contribution is -2.15. The van der Waals surface area contributed by atoms with Gasteiger partial charge in [-0.25, -0.2) is 0 Å². The van der Waals surface area contributed by atoms with Crippen molar-refractivity contribution in [2.24, 2.45) is 5.92 Å². The zero-order chi connectivity index (χ0) is 11.5. The van der Waals surface area contributed by atoms with E-state index in [1.54, 1.807) is 0 Å². The van der Waals surface area contributed by atoms with Crippen LogP contribution in [0.25, 0.3) is 6.08 Å². The number of hydrogen-bond donors (Lipinski definition) is 0. The molecule has 16 heavy (non-hydrogen) atoms. The summed E-state index contributed by atoms with van der Waals surface area (Å²) in [5.41, 5.74) is 2.02. The number of hydrogen-bond acceptors (Lipinski definition) is 1. The minimum atomic E-state index is 0.300. The highest BCUT2D eigenvalue weighted by atomic mass is 35.5. The Morgan fingerprint density at radius 2 is 2.00 bits per heavy atom. The SMILES string of the molecule is C[C@H]1CC/C(=C\c2ccc(Cl)cc2)C(=O)C1. The number of Topliss-reactive ketones (excluding diaryl/α,β-unsaturated/α-hetero) is 1. The summed E-state index contributed by atoms with van der Waals surface area (Å²) in [5, 5.41) is 0.728. The summed E-state index contributed by atoms with van der Waals surface area (Å²) in [6.07, 6.45) is 4.71. The molecule has 2 heteroatoms. The van der Waals surface area contributed by atoms with Crippen LogP contribution in [0.4, 0.5) is 0 Å². The molecule has 0 unspecified atom stereocenters. The van der Waals surface area contributed by atoms with Gasteiger partial charge in [0.2, 0.25) is 0 Å². The first-order valence-corrected chi connectivity index (χ1v) is 6.02. The van der Waals surface area contributed by atoms with E-state index in [4.69, 9.17) is 11.6 Å². The van der Waals surface area contributed by atoms with Crippen LogP contribution in [0.2, 0.25) is 5.02 Å². The Labute approximate surface area is 101 Å². The van der Waals surface area contributed by atoms with E-state index in [1.807, 2.05) is 30.3 Å². The van der Waals surface area contributed by atoms with Gasteiger partial charge in [-0.2, -0.15) is 0 Å². The van der Waals surface area contributed by atoms with E-state index in [2.05, 4.69) is 6.92 Å². The van der Waals surface area contributed by atoms with Crippen LogP contribution in [0.3, 0.4) is 0 Å². The molecule has 1 aromatic rings. The monoisotopic (exact) mass is 234 g/mol. The van der Waals surface area contributed by atoms with E-state index >= 15 is 0 Å². The largest absolute Gasteiger partial charge is 0.295 e. The van der Waals surface area contributed by atoms with Crippen LogP contribution in [0.15, 0.2) is 29.8 Å². The molecule has 1 saturated carbocycles. The fourth-order valence-electron chi connectivity index (χ4n) is 2.00. The van der Waals surface area contributed by atoms with Crippen LogP contribution < -0.4 is 0 Å². The zero-order valence-electron chi connectivity index (χ0n) is 9.37. The molecule has 1 nitrogen and oxygen atoms in total. The van der Waals surface area contributed by atoms with Crippen molar-refractivity contribution in [3.05, 3.63) is 40.4 Å². The maximum atomic E-state index is 11.8. The molecule has 0 amide bonds. The Balaban J connectivity index is 2.18. The molecule has 1 aromatic carbocycles. The number of ketones is 1. The molecule has 1 fully saturated rings. The van der Waals surface area contributed by atoms with E-state index in [0.717, 1.165) is 29.0 Å². The van der Waals surface area contributed by atoms with Crippen LogP contribution >= 0.6 is 11.6 Å². The van der Waals surface area contributed by atoms with Crippen molar-refractivity contribution in [1.82, 2.24) is 0 Å². The molecule has 0 heterocycles. The molecule has 0 spiro atoms. The van der Waals surface area contributed by atoms with Crippen LogP contribution in [-0.4, -0.2) is 5.78 Å². The molecule has 0 radical (unpaired) electrons. The molecule has 0 bridgehead atoms. The molecule has 0 aliphatic heterocycles. The normalized spacial score (nSPS) is 23.8. The Morgan fingerprint density at radius 1 is 1.31 bits per heavy atom. The van der Waals surface area contributed by atoms with Gasteiger partial charge in [0.25, 0.3) is 0 Å². The lowest BCUT2D eigenvalue weighted by Gasteiger charge is -2.18. The van der Waals surface area contributed by atoms with Crippen LogP contribution in [0, 0.1) is 5.92 Å². The molecule has 84 valence electrons. The fourth-order valence-corrected chi connectivity index (χ4v) is 2.13. The highest BCUT2D eigenvalue weighted by Crippen LogP contribution is 2.26. The maximum Gasteiger partial charge on any atom is 0.159 e. The minimum Gasteiger partial charge on any atom is -0.295 e. The van der Waals surface area contributed by atoms with Crippen molar-refractivity contribution in [1.29, 1.82) is 0 Å². The lowest BCUT2D eigenvalue weighted by molar-refractivity contribution is -0.117. The van der Waals surface area contributed by atoms with Gasteiger partial charge in [0.05, 0.1) is 0 Å². The van der Waals surface area contributed by atoms with Crippen molar-refractivity contribution in [2.75, 3.05) is 0 Å². The van der Waals surface area contributed by atoms with Gasteiger partial charge in [-0.3, -0.25) is 4.79 Å².